The maximum atomic E-state index is 13.4. The van der Waals surface area contributed by atoms with Crippen molar-refractivity contribution < 1.29 is 23.8 Å². The van der Waals surface area contributed by atoms with E-state index in [4.69, 9.17) is 9.84 Å². The molecule has 104 valence electrons. The molecule has 0 aromatic heterocycles. The number of hydrogen-bond donors (Lipinski definition) is 2. The smallest absolute Gasteiger partial charge is 0.338 e. The number of hydrogen-bond acceptors (Lipinski definition) is 3. The highest BCUT2D eigenvalue weighted by Gasteiger charge is 2.13. The molecular formula is C12H15FN2O4. The van der Waals surface area contributed by atoms with Crippen LogP contribution >= 0.6 is 0 Å². The highest BCUT2D eigenvalue weighted by Crippen LogP contribution is 2.15. The Morgan fingerprint density at radius 1 is 1.47 bits per heavy atom. The van der Waals surface area contributed by atoms with E-state index in [1.54, 1.807) is 7.05 Å². The maximum Gasteiger partial charge on any atom is 0.338 e. The van der Waals surface area contributed by atoms with Crippen molar-refractivity contribution in [2.75, 3.05) is 32.6 Å². The number of carbonyl (C=O) groups is 2. The van der Waals surface area contributed by atoms with E-state index in [0.29, 0.717) is 13.2 Å². The SMILES string of the molecule is COCCN(C)C(=O)Nc1ccc(C(=O)O)c(F)c1. The number of nitrogens with one attached hydrogen (secondary N) is 1. The molecule has 0 aliphatic rings. The molecule has 1 rings (SSSR count). The van der Waals surface area contributed by atoms with Gasteiger partial charge in [0.25, 0.3) is 0 Å². The van der Waals surface area contributed by atoms with Crippen LogP contribution in [0.2, 0.25) is 0 Å². The van der Waals surface area contributed by atoms with Gasteiger partial charge >= 0.3 is 12.0 Å². The molecule has 0 bridgehead atoms. The van der Waals surface area contributed by atoms with Gasteiger partial charge in [0.05, 0.1) is 12.2 Å². The third-order valence-electron chi connectivity index (χ3n) is 2.43. The molecule has 0 spiro atoms. The van der Waals surface area contributed by atoms with Gasteiger partial charge in [-0.3, -0.25) is 0 Å². The lowest BCUT2D eigenvalue weighted by Gasteiger charge is -2.17. The van der Waals surface area contributed by atoms with E-state index < -0.39 is 23.4 Å². The average Bonchev–Trinajstić information content (AvgIpc) is 2.35. The number of methoxy groups -OCH3 is 1. The largest absolute Gasteiger partial charge is 0.478 e. The topological polar surface area (TPSA) is 78.9 Å². The predicted octanol–water partition coefficient (Wildman–Crippen LogP) is 1.63. The van der Waals surface area contributed by atoms with Crippen molar-refractivity contribution in [1.29, 1.82) is 0 Å². The number of carboxylic acid groups (broad SMARTS) is 1. The van der Waals surface area contributed by atoms with E-state index in [0.717, 1.165) is 12.1 Å². The molecule has 0 saturated heterocycles. The average molecular weight is 270 g/mol. The van der Waals surface area contributed by atoms with Crippen molar-refractivity contribution in [3.8, 4) is 0 Å². The lowest BCUT2D eigenvalue weighted by Crippen LogP contribution is -2.33. The number of carbonyl (C=O) groups excluding carboxylic acids is 1. The summed E-state index contributed by atoms with van der Waals surface area (Å²) in [5, 5.41) is 11.1. The molecule has 1 aromatic rings. The van der Waals surface area contributed by atoms with Crippen LogP contribution in [0.1, 0.15) is 10.4 Å². The molecule has 7 heteroatoms. The zero-order chi connectivity index (χ0) is 14.4. The minimum absolute atomic E-state index is 0.191. The van der Waals surface area contributed by atoms with Crippen molar-refractivity contribution in [3.05, 3.63) is 29.6 Å². The summed E-state index contributed by atoms with van der Waals surface area (Å²) in [6.07, 6.45) is 0. The third kappa shape index (κ3) is 4.22. The van der Waals surface area contributed by atoms with Crippen LogP contribution in [0, 0.1) is 5.82 Å². The first-order valence-corrected chi connectivity index (χ1v) is 5.49. The summed E-state index contributed by atoms with van der Waals surface area (Å²) in [6, 6.07) is 2.96. The summed E-state index contributed by atoms with van der Waals surface area (Å²) in [4.78, 5) is 23.7. The number of likely N-dealkylation sites (N-methyl/N-ethyl adjacent to an activating group) is 1. The molecule has 0 unspecified atom stereocenters. The van der Waals surface area contributed by atoms with Crippen LogP contribution in [-0.2, 0) is 4.74 Å². The van der Waals surface area contributed by atoms with Crippen molar-refractivity contribution in [2.24, 2.45) is 0 Å². The van der Waals surface area contributed by atoms with Gasteiger partial charge in [-0.05, 0) is 18.2 Å². The normalized spacial score (nSPS) is 10.1. The van der Waals surface area contributed by atoms with Crippen LogP contribution < -0.4 is 5.32 Å². The fourth-order valence-electron chi connectivity index (χ4n) is 1.31. The monoisotopic (exact) mass is 270 g/mol. The highest BCUT2D eigenvalue weighted by atomic mass is 19.1. The molecule has 0 aliphatic heterocycles. The second-order valence-corrected chi connectivity index (χ2v) is 3.84. The molecular weight excluding hydrogens is 255 g/mol. The Hall–Kier alpha value is -2.15. The summed E-state index contributed by atoms with van der Waals surface area (Å²) < 4.78 is 18.2. The highest BCUT2D eigenvalue weighted by molar-refractivity contribution is 5.91. The van der Waals surface area contributed by atoms with E-state index in [1.165, 1.54) is 18.1 Å². The molecule has 19 heavy (non-hydrogen) atoms. The van der Waals surface area contributed by atoms with E-state index in [-0.39, 0.29) is 5.69 Å². The van der Waals surface area contributed by atoms with Gasteiger partial charge < -0.3 is 20.1 Å². The first-order valence-electron chi connectivity index (χ1n) is 5.49. The van der Waals surface area contributed by atoms with E-state index >= 15 is 0 Å². The lowest BCUT2D eigenvalue weighted by molar-refractivity contribution is 0.0692. The Kier molecular flexibility index (Phi) is 5.25. The minimum Gasteiger partial charge on any atom is -0.478 e. The maximum absolute atomic E-state index is 13.4. The summed E-state index contributed by atoms with van der Waals surface area (Å²) in [6.45, 7) is 0.772. The second-order valence-electron chi connectivity index (χ2n) is 3.84. The number of aromatic carboxylic acids is 1. The van der Waals surface area contributed by atoms with Crippen molar-refractivity contribution >= 4 is 17.7 Å². The Balaban J connectivity index is 2.70. The van der Waals surface area contributed by atoms with Crippen LogP contribution in [0.3, 0.4) is 0 Å². The van der Waals surface area contributed by atoms with Gasteiger partial charge in [-0.2, -0.15) is 0 Å². The Bertz CT molecular complexity index is 479. The van der Waals surface area contributed by atoms with Gasteiger partial charge in [0.15, 0.2) is 0 Å². The van der Waals surface area contributed by atoms with Crippen LogP contribution in [0.15, 0.2) is 18.2 Å². The molecule has 0 saturated carbocycles. The summed E-state index contributed by atoms with van der Waals surface area (Å²) in [5.74, 6) is -2.25. The Labute approximate surface area is 109 Å². The van der Waals surface area contributed by atoms with Crippen molar-refractivity contribution in [1.82, 2.24) is 4.90 Å². The number of benzene rings is 1. The van der Waals surface area contributed by atoms with Crippen LogP contribution in [0.25, 0.3) is 0 Å². The number of nitrogens with zero attached hydrogens (tertiary/aromatic N) is 1. The molecule has 0 atom stereocenters. The number of halogens is 1. The van der Waals surface area contributed by atoms with Gasteiger partial charge in [0, 0.05) is 26.4 Å². The zero-order valence-corrected chi connectivity index (χ0v) is 10.6. The lowest BCUT2D eigenvalue weighted by atomic mass is 10.2. The third-order valence-corrected chi connectivity index (χ3v) is 2.43. The van der Waals surface area contributed by atoms with Gasteiger partial charge in [-0.1, -0.05) is 0 Å². The number of anilines is 1. The number of rotatable bonds is 5. The van der Waals surface area contributed by atoms with Gasteiger partial charge in [0.2, 0.25) is 0 Å². The van der Waals surface area contributed by atoms with Gasteiger partial charge in [-0.15, -0.1) is 0 Å². The number of urea groups is 1. The number of amides is 2. The van der Waals surface area contributed by atoms with E-state index in [9.17, 15) is 14.0 Å². The molecule has 0 aliphatic carbocycles. The van der Waals surface area contributed by atoms with Crippen LogP contribution in [0.5, 0.6) is 0 Å². The molecule has 2 amide bonds. The van der Waals surface area contributed by atoms with Crippen LogP contribution in [0.4, 0.5) is 14.9 Å². The van der Waals surface area contributed by atoms with Gasteiger partial charge in [-0.25, -0.2) is 14.0 Å². The van der Waals surface area contributed by atoms with Crippen molar-refractivity contribution in [3.63, 3.8) is 0 Å². The number of carboxylic acids is 1. The second kappa shape index (κ2) is 6.69. The molecule has 6 nitrogen and oxygen atoms in total. The minimum atomic E-state index is -1.35. The van der Waals surface area contributed by atoms with Crippen molar-refractivity contribution in [2.45, 2.75) is 0 Å². The molecule has 0 heterocycles. The van der Waals surface area contributed by atoms with E-state index in [2.05, 4.69) is 5.32 Å². The summed E-state index contributed by atoms with van der Waals surface area (Å²) in [7, 11) is 3.09. The molecule has 0 radical (unpaired) electrons. The Morgan fingerprint density at radius 2 is 2.16 bits per heavy atom. The fourth-order valence-corrected chi connectivity index (χ4v) is 1.31. The predicted molar refractivity (Wildman–Crippen MR) is 66.9 cm³/mol. The molecule has 2 N–H and O–H groups in total. The quantitative estimate of drug-likeness (QED) is 0.852. The van der Waals surface area contributed by atoms with E-state index in [1.807, 2.05) is 0 Å². The molecule has 1 aromatic carbocycles. The number of ether oxygens (including phenoxy) is 1. The Morgan fingerprint density at radius 3 is 2.68 bits per heavy atom. The van der Waals surface area contributed by atoms with Crippen LogP contribution in [-0.4, -0.2) is 49.3 Å². The first-order chi connectivity index (χ1) is 8.95. The van der Waals surface area contributed by atoms with Gasteiger partial charge in [0.1, 0.15) is 5.82 Å². The zero-order valence-electron chi connectivity index (χ0n) is 10.6. The first kappa shape index (κ1) is 14.9. The fraction of sp³-hybridized carbons (Fsp3) is 0.333. The standard InChI is InChI=1S/C12H15FN2O4/c1-15(5-6-19-2)12(18)14-8-3-4-9(11(16)17)10(13)7-8/h3-4,7H,5-6H2,1-2H3,(H,14,18)(H,16,17). The summed E-state index contributed by atoms with van der Waals surface area (Å²) in [5.41, 5.74) is -0.248. The summed E-state index contributed by atoms with van der Waals surface area (Å²) >= 11 is 0. The molecule has 0 fully saturated rings.